The lowest BCUT2D eigenvalue weighted by atomic mass is 10.1. The summed E-state index contributed by atoms with van der Waals surface area (Å²) in [5.74, 6) is 0. The predicted octanol–water partition coefficient (Wildman–Crippen LogP) is 4.24. The summed E-state index contributed by atoms with van der Waals surface area (Å²) in [5, 5.41) is 0. The van der Waals surface area contributed by atoms with Gasteiger partial charge in [-0.15, -0.1) is 0 Å². The highest BCUT2D eigenvalue weighted by Gasteiger charge is 2.15. The molecule has 2 aromatic rings. The van der Waals surface area contributed by atoms with Gasteiger partial charge in [-0.1, -0.05) is 15.9 Å². The van der Waals surface area contributed by atoms with E-state index < -0.39 is 10.0 Å². The summed E-state index contributed by atoms with van der Waals surface area (Å²) in [4.78, 5) is 2.59. The van der Waals surface area contributed by atoms with Crippen LogP contribution in [0.5, 0.6) is 0 Å². The van der Waals surface area contributed by atoms with Crippen molar-refractivity contribution >= 4 is 37.3 Å². The number of halogens is 1. The summed E-state index contributed by atoms with van der Waals surface area (Å²) in [6.45, 7) is 2.15. The van der Waals surface area contributed by atoms with Gasteiger partial charge in [-0.2, -0.15) is 0 Å². The highest BCUT2D eigenvalue weighted by Crippen LogP contribution is 2.23. The second kappa shape index (κ2) is 6.93. The minimum absolute atomic E-state index is 0.251. The van der Waals surface area contributed by atoms with Crippen LogP contribution in [0.1, 0.15) is 19.3 Å². The number of rotatable bonds is 4. The average Bonchev–Trinajstić information content (AvgIpc) is 2.56. The van der Waals surface area contributed by atoms with E-state index in [9.17, 15) is 8.42 Å². The van der Waals surface area contributed by atoms with Gasteiger partial charge < -0.3 is 4.90 Å². The fourth-order valence-corrected chi connectivity index (χ4v) is 4.04. The van der Waals surface area contributed by atoms with Crippen molar-refractivity contribution in [2.75, 3.05) is 22.7 Å². The molecular formula is C17H19BrN2O2S. The molecule has 0 atom stereocenters. The summed E-state index contributed by atoms with van der Waals surface area (Å²) in [7, 11) is -3.55. The third-order valence-electron chi connectivity index (χ3n) is 3.96. The molecule has 1 heterocycles. The van der Waals surface area contributed by atoms with Gasteiger partial charge in [0.25, 0.3) is 10.0 Å². The van der Waals surface area contributed by atoms with E-state index in [1.165, 1.54) is 19.3 Å². The molecule has 1 saturated heterocycles. The fourth-order valence-electron chi connectivity index (χ4n) is 2.72. The van der Waals surface area contributed by atoms with E-state index in [0.29, 0.717) is 5.69 Å². The lowest BCUT2D eigenvalue weighted by molar-refractivity contribution is 0.578. The molecule has 0 amide bonds. The Kier molecular flexibility index (Phi) is 4.92. The molecule has 1 aliphatic heterocycles. The standard InChI is InChI=1S/C17H19BrN2O2S/c18-14-4-10-17(11-5-14)23(21,22)19-15-6-8-16(9-7-15)20-12-2-1-3-13-20/h4-11,19H,1-3,12-13H2. The maximum atomic E-state index is 12.4. The molecule has 1 N–H and O–H groups in total. The van der Waals surface area contributed by atoms with Gasteiger partial charge in [0, 0.05) is 28.9 Å². The second-order valence-electron chi connectivity index (χ2n) is 5.65. The molecule has 0 bridgehead atoms. The molecule has 23 heavy (non-hydrogen) atoms. The summed E-state index contributed by atoms with van der Waals surface area (Å²) in [5.41, 5.74) is 1.73. The Labute approximate surface area is 145 Å². The summed E-state index contributed by atoms with van der Waals surface area (Å²) < 4.78 is 28.2. The van der Waals surface area contributed by atoms with Crippen molar-refractivity contribution in [3.63, 3.8) is 0 Å². The quantitative estimate of drug-likeness (QED) is 0.843. The summed E-state index contributed by atoms with van der Waals surface area (Å²) >= 11 is 3.30. The zero-order valence-electron chi connectivity index (χ0n) is 12.7. The minimum Gasteiger partial charge on any atom is -0.372 e. The van der Waals surface area contributed by atoms with E-state index in [4.69, 9.17) is 0 Å². The third-order valence-corrected chi connectivity index (χ3v) is 5.89. The van der Waals surface area contributed by atoms with Crippen molar-refractivity contribution < 1.29 is 8.42 Å². The first kappa shape index (κ1) is 16.3. The summed E-state index contributed by atoms with van der Waals surface area (Å²) in [6, 6.07) is 14.2. The number of piperidine rings is 1. The van der Waals surface area contributed by atoms with Crippen molar-refractivity contribution in [2.24, 2.45) is 0 Å². The molecule has 6 heteroatoms. The molecule has 0 unspecified atom stereocenters. The van der Waals surface area contributed by atoms with Gasteiger partial charge in [-0.3, -0.25) is 4.72 Å². The largest absolute Gasteiger partial charge is 0.372 e. The number of anilines is 2. The number of benzene rings is 2. The van der Waals surface area contributed by atoms with E-state index in [0.717, 1.165) is 23.2 Å². The predicted molar refractivity (Wildman–Crippen MR) is 97.5 cm³/mol. The smallest absolute Gasteiger partial charge is 0.261 e. The Hall–Kier alpha value is -1.53. The molecule has 0 radical (unpaired) electrons. The Morgan fingerprint density at radius 2 is 1.48 bits per heavy atom. The van der Waals surface area contributed by atoms with Crippen LogP contribution in [-0.4, -0.2) is 21.5 Å². The monoisotopic (exact) mass is 394 g/mol. The van der Waals surface area contributed by atoms with E-state index in [1.807, 2.05) is 24.3 Å². The molecule has 0 saturated carbocycles. The topological polar surface area (TPSA) is 49.4 Å². The number of hydrogen-bond donors (Lipinski definition) is 1. The molecule has 122 valence electrons. The van der Waals surface area contributed by atoms with E-state index >= 15 is 0 Å². The lowest BCUT2D eigenvalue weighted by Gasteiger charge is -2.28. The molecule has 1 fully saturated rings. The van der Waals surface area contributed by atoms with Crippen LogP contribution in [0.3, 0.4) is 0 Å². The summed E-state index contributed by atoms with van der Waals surface area (Å²) in [6.07, 6.45) is 3.73. The second-order valence-corrected chi connectivity index (χ2v) is 8.25. The van der Waals surface area contributed by atoms with Gasteiger partial charge in [-0.25, -0.2) is 8.42 Å². The molecular weight excluding hydrogens is 376 g/mol. The van der Waals surface area contributed by atoms with Crippen molar-refractivity contribution in [3.05, 3.63) is 53.0 Å². The maximum Gasteiger partial charge on any atom is 0.261 e. The molecule has 0 aliphatic carbocycles. The number of sulfonamides is 1. The third kappa shape index (κ3) is 4.06. The maximum absolute atomic E-state index is 12.4. The van der Waals surface area contributed by atoms with E-state index in [1.54, 1.807) is 24.3 Å². The van der Waals surface area contributed by atoms with E-state index in [2.05, 4.69) is 25.6 Å². The van der Waals surface area contributed by atoms with Gasteiger partial charge in [0.1, 0.15) is 0 Å². The molecule has 0 spiro atoms. The number of nitrogens with zero attached hydrogens (tertiary/aromatic N) is 1. The van der Waals surface area contributed by atoms with Crippen LogP contribution in [0.4, 0.5) is 11.4 Å². The van der Waals surface area contributed by atoms with Gasteiger partial charge in [0.05, 0.1) is 4.90 Å². The van der Waals surface area contributed by atoms with Crippen LogP contribution < -0.4 is 9.62 Å². The van der Waals surface area contributed by atoms with Crippen LogP contribution in [0.25, 0.3) is 0 Å². The number of nitrogens with one attached hydrogen (secondary N) is 1. The molecule has 3 rings (SSSR count). The highest BCUT2D eigenvalue weighted by atomic mass is 79.9. The first-order valence-corrected chi connectivity index (χ1v) is 9.96. The Bertz CT molecular complexity index is 752. The zero-order chi connectivity index (χ0) is 16.3. The fraction of sp³-hybridized carbons (Fsp3) is 0.294. The van der Waals surface area contributed by atoms with Crippen LogP contribution in [0.2, 0.25) is 0 Å². The van der Waals surface area contributed by atoms with E-state index in [-0.39, 0.29) is 4.90 Å². The van der Waals surface area contributed by atoms with Crippen LogP contribution in [0, 0.1) is 0 Å². The van der Waals surface area contributed by atoms with Gasteiger partial charge in [0.2, 0.25) is 0 Å². The molecule has 0 aromatic heterocycles. The Morgan fingerprint density at radius 3 is 2.09 bits per heavy atom. The Balaban J connectivity index is 1.73. The average molecular weight is 395 g/mol. The zero-order valence-corrected chi connectivity index (χ0v) is 15.1. The first-order chi connectivity index (χ1) is 11.0. The van der Waals surface area contributed by atoms with Gasteiger partial charge >= 0.3 is 0 Å². The van der Waals surface area contributed by atoms with Crippen molar-refractivity contribution in [2.45, 2.75) is 24.2 Å². The van der Waals surface area contributed by atoms with Crippen LogP contribution in [0.15, 0.2) is 57.9 Å². The van der Waals surface area contributed by atoms with Crippen molar-refractivity contribution in [3.8, 4) is 0 Å². The lowest BCUT2D eigenvalue weighted by Crippen LogP contribution is -2.29. The van der Waals surface area contributed by atoms with Crippen molar-refractivity contribution in [1.29, 1.82) is 0 Å². The molecule has 4 nitrogen and oxygen atoms in total. The number of hydrogen-bond acceptors (Lipinski definition) is 3. The van der Waals surface area contributed by atoms with Gasteiger partial charge in [0.15, 0.2) is 0 Å². The molecule has 2 aromatic carbocycles. The highest BCUT2D eigenvalue weighted by molar-refractivity contribution is 9.10. The molecule has 1 aliphatic rings. The Morgan fingerprint density at radius 1 is 0.870 bits per heavy atom. The van der Waals surface area contributed by atoms with Gasteiger partial charge in [-0.05, 0) is 67.8 Å². The van der Waals surface area contributed by atoms with Crippen LogP contribution in [-0.2, 0) is 10.0 Å². The minimum atomic E-state index is -3.55. The SMILES string of the molecule is O=S(=O)(Nc1ccc(N2CCCCC2)cc1)c1ccc(Br)cc1. The first-order valence-electron chi connectivity index (χ1n) is 7.68. The van der Waals surface area contributed by atoms with Crippen LogP contribution >= 0.6 is 15.9 Å². The van der Waals surface area contributed by atoms with Crippen molar-refractivity contribution in [1.82, 2.24) is 0 Å². The normalized spacial score (nSPS) is 15.4.